The maximum atomic E-state index is 11.8. The Hall–Kier alpha value is -1.51. The van der Waals surface area contributed by atoms with Crippen molar-refractivity contribution in [3.8, 4) is 0 Å². The number of anilines is 1. The molecule has 0 spiro atoms. The van der Waals surface area contributed by atoms with Gasteiger partial charge in [-0.15, -0.1) is 0 Å². The first-order valence-corrected chi connectivity index (χ1v) is 10.1. The zero-order valence-corrected chi connectivity index (χ0v) is 16.6. The minimum absolute atomic E-state index is 0.0483. The molecule has 0 radical (unpaired) electrons. The summed E-state index contributed by atoms with van der Waals surface area (Å²) in [6, 6.07) is 8.40. The molecule has 0 atom stereocenters. The molecule has 3 heteroatoms. The van der Waals surface area contributed by atoms with Crippen molar-refractivity contribution in [2.24, 2.45) is 0 Å². The Morgan fingerprint density at radius 3 is 2.00 bits per heavy atom. The Bertz CT molecular complexity index is 454. The number of ether oxygens (including phenoxy) is 1. The first kappa shape index (κ1) is 21.5. The lowest BCUT2D eigenvalue weighted by Gasteiger charge is -2.12. The summed E-state index contributed by atoms with van der Waals surface area (Å²) < 4.78 is 5.35. The van der Waals surface area contributed by atoms with Crippen LogP contribution < -0.4 is 4.90 Å². The number of hydrogen-bond acceptors (Lipinski definition) is 3. The summed E-state index contributed by atoms with van der Waals surface area (Å²) in [7, 11) is 4.06. The lowest BCUT2D eigenvalue weighted by molar-refractivity contribution is -0.143. The fourth-order valence-corrected chi connectivity index (χ4v) is 2.90. The lowest BCUT2D eigenvalue weighted by Crippen LogP contribution is -2.09. The molecule has 0 aliphatic carbocycles. The van der Waals surface area contributed by atoms with Gasteiger partial charge in [0, 0.05) is 32.6 Å². The minimum Gasteiger partial charge on any atom is -0.465 e. The van der Waals surface area contributed by atoms with Gasteiger partial charge in [-0.25, -0.2) is 0 Å². The SMILES string of the molecule is CCCCCCCCCCCC(=O)OCCc1ccc(N(C)C)cc1. The molecule has 1 rings (SSSR count). The van der Waals surface area contributed by atoms with Crippen LogP contribution in [0, 0.1) is 0 Å². The summed E-state index contributed by atoms with van der Waals surface area (Å²) in [4.78, 5) is 13.8. The van der Waals surface area contributed by atoms with Crippen molar-refractivity contribution in [3.05, 3.63) is 29.8 Å². The Labute approximate surface area is 154 Å². The van der Waals surface area contributed by atoms with Crippen LogP contribution in [0.4, 0.5) is 5.69 Å². The molecule has 0 N–H and O–H groups in total. The highest BCUT2D eigenvalue weighted by atomic mass is 16.5. The molecule has 0 heterocycles. The third-order valence-corrected chi connectivity index (χ3v) is 4.59. The van der Waals surface area contributed by atoms with Gasteiger partial charge in [0.05, 0.1) is 6.61 Å². The first-order valence-electron chi connectivity index (χ1n) is 10.1. The standard InChI is InChI=1S/C22H37NO2/c1-4-5-6-7-8-9-10-11-12-13-22(24)25-19-18-20-14-16-21(17-15-20)23(2)3/h14-17H,4-13,18-19H2,1-3H3. The topological polar surface area (TPSA) is 29.5 Å². The normalized spacial score (nSPS) is 10.7. The Morgan fingerprint density at radius 1 is 0.880 bits per heavy atom. The van der Waals surface area contributed by atoms with Gasteiger partial charge in [0.1, 0.15) is 0 Å². The average molecular weight is 348 g/mol. The molecule has 0 bridgehead atoms. The largest absolute Gasteiger partial charge is 0.465 e. The van der Waals surface area contributed by atoms with Crippen molar-refractivity contribution >= 4 is 11.7 Å². The van der Waals surface area contributed by atoms with Crippen molar-refractivity contribution in [2.45, 2.75) is 77.6 Å². The number of esters is 1. The molecule has 0 saturated heterocycles. The number of benzene rings is 1. The molecule has 0 amide bonds. The van der Waals surface area contributed by atoms with E-state index in [0.717, 1.165) is 19.3 Å². The van der Waals surface area contributed by atoms with Crippen LogP contribution in [0.5, 0.6) is 0 Å². The summed E-state index contributed by atoms with van der Waals surface area (Å²) in [6.07, 6.45) is 12.8. The molecule has 0 saturated carbocycles. The minimum atomic E-state index is -0.0483. The summed E-state index contributed by atoms with van der Waals surface area (Å²) in [5, 5.41) is 0. The molecule has 25 heavy (non-hydrogen) atoms. The van der Waals surface area contributed by atoms with E-state index in [1.54, 1.807) is 0 Å². The van der Waals surface area contributed by atoms with Gasteiger partial charge in [-0.05, 0) is 24.1 Å². The average Bonchev–Trinajstić information content (AvgIpc) is 2.61. The van der Waals surface area contributed by atoms with Crippen LogP contribution in [-0.4, -0.2) is 26.7 Å². The highest BCUT2D eigenvalue weighted by Crippen LogP contribution is 2.13. The monoisotopic (exact) mass is 347 g/mol. The molecule has 1 aromatic carbocycles. The third-order valence-electron chi connectivity index (χ3n) is 4.59. The Balaban J connectivity index is 1.98. The number of hydrogen-bond donors (Lipinski definition) is 0. The molecule has 3 nitrogen and oxygen atoms in total. The second-order valence-corrected chi connectivity index (χ2v) is 7.11. The van der Waals surface area contributed by atoms with Crippen LogP contribution in [0.3, 0.4) is 0 Å². The molecule has 1 aromatic rings. The molecule has 142 valence electrons. The Morgan fingerprint density at radius 2 is 1.44 bits per heavy atom. The molecule has 0 aromatic heterocycles. The third kappa shape index (κ3) is 10.9. The van der Waals surface area contributed by atoms with Crippen molar-refractivity contribution < 1.29 is 9.53 Å². The smallest absolute Gasteiger partial charge is 0.305 e. The van der Waals surface area contributed by atoms with Gasteiger partial charge >= 0.3 is 5.97 Å². The van der Waals surface area contributed by atoms with Gasteiger partial charge in [-0.2, -0.15) is 0 Å². The van der Waals surface area contributed by atoms with Crippen molar-refractivity contribution in [1.29, 1.82) is 0 Å². The Kier molecular flexibility index (Phi) is 11.8. The summed E-state index contributed by atoms with van der Waals surface area (Å²) in [5.74, 6) is -0.0483. The van der Waals surface area contributed by atoms with Crippen LogP contribution >= 0.6 is 0 Å². The van der Waals surface area contributed by atoms with Gasteiger partial charge < -0.3 is 9.64 Å². The summed E-state index contributed by atoms with van der Waals surface area (Å²) in [5.41, 5.74) is 2.40. The van der Waals surface area contributed by atoms with Gasteiger partial charge in [-0.1, -0.05) is 70.4 Å². The predicted molar refractivity (Wildman–Crippen MR) is 107 cm³/mol. The van der Waals surface area contributed by atoms with Crippen LogP contribution in [0.15, 0.2) is 24.3 Å². The van der Waals surface area contributed by atoms with E-state index in [1.165, 1.54) is 56.2 Å². The molecule has 0 aliphatic heterocycles. The second kappa shape index (κ2) is 13.7. The highest BCUT2D eigenvalue weighted by Gasteiger charge is 2.03. The zero-order valence-electron chi connectivity index (χ0n) is 16.6. The molecule has 0 unspecified atom stereocenters. The van der Waals surface area contributed by atoms with Gasteiger partial charge in [0.2, 0.25) is 0 Å². The number of rotatable bonds is 14. The van der Waals surface area contributed by atoms with Crippen molar-refractivity contribution in [1.82, 2.24) is 0 Å². The van der Waals surface area contributed by atoms with Gasteiger partial charge in [-0.3, -0.25) is 4.79 Å². The van der Waals surface area contributed by atoms with Crippen LogP contribution in [0.1, 0.15) is 76.7 Å². The van der Waals surface area contributed by atoms with E-state index in [-0.39, 0.29) is 5.97 Å². The van der Waals surface area contributed by atoms with Gasteiger partial charge in [0.15, 0.2) is 0 Å². The van der Waals surface area contributed by atoms with E-state index < -0.39 is 0 Å². The van der Waals surface area contributed by atoms with Crippen molar-refractivity contribution in [2.75, 3.05) is 25.6 Å². The first-order chi connectivity index (χ1) is 12.1. The molecular weight excluding hydrogens is 310 g/mol. The fraction of sp³-hybridized carbons (Fsp3) is 0.682. The maximum absolute atomic E-state index is 11.8. The van der Waals surface area contributed by atoms with Crippen LogP contribution in [0.2, 0.25) is 0 Å². The van der Waals surface area contributed by atoms with Crippen LogP contribution in [-0.2, 0) is 16.0 Å². The van der Waals surface area contributed by atoms with E-state index in [4.69, 9.17) is 4.74 Å². The van der Waals surface area contributed by atoms with E-state index in [1.807, 2.05) is 14.1 Å². The summed E-state index contributed by atoms with van der Waals surface area (Å²) in [6.45, 7) is 2.73. The van der Waals surface area contributed by atoms with Crippen LogP contribution in [0.25, 0.3) is 0 Å². The number of unbranched alkanes of at least 4 members (excludes halogenated alkanes) is 8. The quantitative estimate of drug-likeness (QED) is 0.316. The van der Waals surface area contributed by atoms with Gasteiger partial charge in [0.25, 0.3) is 0 Å². The summed E-state index contributed by atoms with van der Waals surface area (Å²) >= 11 is 0. The zero-order chi connectivity index (χ0) is 18.3. The fourth-order valence-electron chi connectivity index (χ4n) is 2.90. The molecule has 0 fully saturated rings. The number of carbonyl (C=O) groups excluding carboxylic acids is 1. The second-order valence-electron chi connectivity index (χ2n) is 7.11. The van der Waals surface area contributed by atoms with E-state index in [0.29, 0.717) is 13.0 Å². The number of carbonyl (C=O) groups is 1. The molecular formula is C22H37NO2. The van der Waals surface area contributed by atoms with E-state index in [9.17, 15) is 4.79 Å². The lowest BCUT2D eigenvalue weighted by atomic mass is 10.1. The van der Waals surface area contributed by atoms with E-state index in [2.05, 4.69) is 36.1 Å². The number of nitrogens with zero attached hydrogens (tertiary/aromatic N) is 1. The predicted octanol–water partition coefficient (Wildman–Crippen LogP) is 5.76. The van der Waals surface area contributed by atoms with Crippen molar-refractivity contribution in [3.63, 3.8) is 0 Å². The maximum Gasteiger partial charge on any atom is 0.305 e. The van der Waals surface area contributed by atoms with E-state index >= 15 is 0 Å². The molecule has 0 aliphatic rings. The highest BCUT2D eigenvalue weighted by molar-refractivity contribution is 5.69.